The molecule has 0 bridgehead atoms. The van der Waals surface area contributed by atoms with E-state index in [1.54, 1.807) is 0 Å². The van der Waals surface area contributed by atoms with Crippen molar-refractivity contribution in [3.63, 3.8) is 0 Å². The van der Waals surface area contributed by atoms with Gasteiger partial charge in [-0.05, 0) is 32.1 Å². The van der Waals surface area contributed by atoms with Gasteiger partial charge in [0, 0.05) is 38.8 Å². The fraction of sp³-hybridized carbons (Fsp3) is 1.00. The third-order valence-electron chi connectivity index (χ3n) is 5.12. The average molecular weight is 268 g/mol. The Kier molecular flexibility index (Phi) is 6.11. The Bertz CT molecular complexity index is 251. The van der Waals surface area contributed by atoms with Crippen LogP contribution in [0.1, 0.15) is 52.4 Å². The van der Waals surface area contributed by atoms with Gasteiger partial charge in [-0.25, -0.2) is 0 Å². The van der Waals surface area contributed by atoms with Crippen LogP contribution in [0.25, 0.3) is 0 Å². The molecule has 0 aromatic carbocycles. The van der Waals surface area contributed by atoms with Crippen molar-refractivity contribution in [1.82, 2.24) is 10.2 Å². The van der Waals surface area contributed by atoms with Crippen molar-refractivity contribution in [2.24, 2.45) is 5.92 Å². The second kappa shape index (κ2) is 7.61. The van der Waals surface area contributed by atoms with E-state index in [0.717, 1.165) is 18.5 Å². The largest absolute Gasteiger partial charge is 0.380 e. The predicted octanol–water partition coefficient (Wildman–Crippen LogP) is 2.65. The first kappa shape index (κ1) is 15.3. The minimum atomic E-state index is 0.349. The van der Waals surface area contributed by atoms with Crippen LogP contribution in [0.15, 0.2) is 0 Å². The second-order valence-corrected chi connectivity index (χ2v) is 6.48. The van der Waals surface area contributed by atoms with Gasteiger partial charge in [0.05, 0.1) is 6.10 Å². The molecular formula is C16H32N2O. The topological polar surface area (TPSA) is 24.5 Å². The van der Waals surface area contributed by atoms with Crippen LogP contribution in [0.2, 0.25) is 0 Å². The fourth-order valence-corrected chi connectivity index (χ4v) is 3.77. The number of piperazine rings is 1. The van der Waals surface area contributed by atoms with E-state index in [-0.39, 0.29) is 0 Å². The smallest absolute Gasteiger partial charge is 0.0670 e. The molecule has 1 N–H and O–H groups in total. The van der Waals surface area contributed by atoms with Crippen LogP contribution >= 0.6 is 0 Å². The zero-order chi connectivity index (χ0) is 13.7. The molecule has 112 valence electrons. The maximum Gasteiger partial charge on any atom is 0.0670 e. The van der Waals surface area contributed by atoms with Crippen molar-refractivity contribution >= 4 is 0 Å². The van der Waals surface area contributed by atoms with E-state index < -0.39 is 0 Å². The monoisotopic (exact) mass is 268 g/mol. The Balaban J connectivity index is 1.96. The molecular weight excluding hydrogens is 236 g/mol. The summed E-state index contributed by atoms with van der Waals surface area (Å²) in [5.41, 5.74) is 0. The third-order valence-corrected chi connectivity index (χ3v) is 5.12. The third kappa shape index (κ3) is 4.17. The molecule has 3 nitrogen and oxygen atoms in total. The van der Waals surface area contributed by atoms with Crippen LogP contribution in [0.3, 0.4) is 0 Å². The highest BCUT2D eigenvalue weighted by molar-refractivity contribution is 4.91. The Labute approximate surface area is 119 Å². The normalized spacial score (nSPS) is 32.4. The number of ether oxygens (including phenoxy) is 1. The van der Waals surface area contributed by atoms with Crippen LogP contribution in [-0.2, 0) is 4.74 Å². The predicted molar refractivity (Wildman–Crippen MR) is 80.5 cm³/mol. The minimum absolute atomic E-state index is 0.349. The van der Waals surface area contributed by atoms with E-state index in [1.807, 2.05) is 7.11 Å². The lowest BCUT2D eigenvalue weighted by atomic mass is 9.82. The molecule has 1 saturated carbocycles. The summed E-state index contributed by atoms with van der Waals surface area (Å²) in [4.78, 5) is 2.72. The zero-order valence-electron chi connectivity index (χ0n) is 13.0. The van der Waals surface area contributed by atoms with E-state index in [1.165, 1.54) is 51.6 Å². The van der Waals surface area contributed by atoms with Gasteiger partial charge in [-0.1, -0.05) is 26.2 Å². The first-order valence-corrected chi connectivity index (χ1v) is 8.24. The summed E-state index contributed by atoms with van der Waals surface area (Å²) >= 11 is 0. The number of nitrogens with zero attached hydrogens (tertiary/aromatic N) is 1. The molecule has 2 rings (SSSR count). The lowest BCUT2D eigenvalue weighted by Gasteiger charge is -2.45. The maximum absolute atomic E-state index is 5.50. The molecule has 1 aliphatic carbocycles. The standard InChI is InChI=1S/C16H32N2O/c1-4-15-12-18(11-13(2)19-3)16(10-17-15)14-8-6-5-7-9-14/h13-17H,4-12H2,1-3H3. The summed E-state index contributed by atoms with van der Waals surface area (Å²) in [5, 5.41) is 3.75. The van der Waals surface area contributed by atoms with Gasteiger partial charge in [-0.15, -0.1) is 0 Å². The molecule has 0 aromatic heterocycles. The fourth-order valence-electron chi connectivity index (χ4n) is 3.77. The van der Waals surface area contributed by atoms with Crippen LogP contribution in [-0.4, -0.2) is 49.8 Å². The van der Waals surface area contributed by atoms with Crippen LogP contribution < -0.4 is 5.32 Å². The summed E-state index contributed by atoms with van der Waals surface area (Å²) < 4.78 is 5.50. The number of nitrogens with one attached hydrogen (secondary N) is 1. The van der Waals surface area contributed by atoms with Gasteiger partial charge in [0.25, 0.3) is 0 Å². The van der Waals surface area contributed by atoms with Crippen molar-refractivity contribution in [2.45, 2.75) is 70.6 Å². The number of rotatable bonds is 5. The molecule has 2 fully saturated rings. The number of methoxy groups -OCH3 is 1. The molecule has 1 saturated heterocycles. The maximum atomic E-state index is 5.50. The second-order valence-electron chi connectivity index (χ2n) is 6.48. The Morgan fingerprint density at radius 2 is 2.00 bits per heavy atom. The average Bonchev–Trinajstić information content (AvgIpc) is 2.48. The van der Waals surface area contributed by atoms with E-state index in [9.17, 15) is 0 Å². The summed E-state index contributed by atoms with van der Waals surface area (Å²) in [5.74, 6) is 0.906. The van der Waals surface area contributed by atoms with Crippen LogP contribution in [0.5, 0.6) is 0 Å². The minimum Gasteiger partial charge on any atom is -0.380 e. The SMILES string of the molecule is CCC1CN(CC(C)OC)C(C2CCCCC2)CN1. The van der Waals surface area contributed by atoms with E-state index in [0.29, 0.717) is 12.1 Å². The van der Waals surface area contributed by atoms with Crippen LogP contribution in [0, 0.1) is 5.92 Å². The van der Waals surface area contributed by atoms with Gasteiger partial charge in [0.2, 0.25) is 0 Å². The molecule has 3 heteroatoms. The number of hydrogen-bond donors (Lipinski definition) is 1. The molecule has 19 heavy (non-hydrogen) atoms. The Hall–Kier alpha value is -0.120. The van der Waals surface area contributed by atoms with Crippen molar-refractivity contribution in [1.29, 1.82) is 0 Å². The summed E-state index contributed by atoms with van der Waals surface area (Å²) in [7, 11) is 1.83. The first-order chi connectivity index (χ1) is 9.24. The highest BCUT2D eigenvalue weighted by Crippen LogP contribution is 2.30. The Morgan fingerprint density at radius 3 is 2.63 bits per heavy atom. The van der Waals surface area contributed by atoms with Gasteiger partial charge in [0.15, 0.2) is 0 Å². The summed E-state index contributed by atoms with van der Waals surface area (Å²) in [6, 6.07) is 1.41. The lowest BCUT2D eigenvalue weighted by Crippen LogP contribution is -2.60. The quantitative estimate of drug-likeness (QED) is 0.829. The molecule has 0 spiro atoms. The highest BCUT2D eigenvalue weighted by Gasteiger charge is 2.33. The van der Waals surface area contributed by atoms with Gasteiger partial charge in [0.1, 0.15) is 0 Å². The van der Waals surface area contributed by atoms with E-state index in [2.05, 4.69) is 24.1 Å². The summed E-state index contributed by atoms with van der Waals surface area (Å²) in [6.07, 6.45) is 8.76. The molecule has 0 radical (unpaired) electrons. The van der Waals surface area contributed by atoms with Crippen LogP contribution in [0.4, 0.5) is 0 Å². The summed E-state index contributed by atoms with van der Waals surface area (Å²) in [6.45, 7) is 7.96. The van der Waals surface area contributed by atoms with Crippen molar-refractivity contribution in [2.75, 3.05) is 26.7 Å². The molecule has 3 unspecified atom stereocenters. The van der Waals surface area contributed by atoms with Gasteiger partial charge < -0.3 is 10.1 Å². The molecule has 1 heterocycles. The molecule has 2 aliphatic rings. The molecule has 1 aliphatic heterocycles. The Morgan fingerprint density at radius 1 is 1.26 bits per heavy atom. The lowest BCUT2D eigenvalue weighted by molar-refractivity contribution is 0.0165. The molecule has 3 atom stereocenters. The van der Waals surface area contributed by atoms with Gasteiger partial charge in [-0.3, -0.25) is 4.90 Å². The molecule has 0 amide bonds. The van der Waals surface area contributed by atoms with E-state index in [4.69, 9.17) is 4.74 Å². The molecule has 0 aromatic rings. The number of hydrogen-bond acceptors (Lipinski definition) is 3. The zero-order valence-corrected chi connectivity index (χ0v) is 13.0. The highest BCUT2D eigenvalue weighted by atomic mass is 16.5. The van der Waals surface area contributed by atoms with Crippen molar-refractivity contribution < 1.29 is 4.74 Å². The first-order valence-electron chi connectivity index (χ1n) is 8.24. The van der Waals surface area contributed by atoms with Gasteiger partial charge >= 0.3 is 0 Å². The van der Waals surface area contributed by atoms with Gasteiger partial charge in [-0.2, -0.15) is 0 Å². The van der Waals surface area contributed by atoms with Crippen molar-refractivity contribution in [3.8, 4) is 0 Å². The van der Waals surface area contributed by atoms with E-state index >= 15 is 0 Å². The van der Waals surface area contributed by atoms with Crippen molar-refractivity contribution in [3.05, 3.63) is 0 Å².